The van der Waals surface area contributed by atoms with Gasteiger partial charge in [0.15, 0.2) is 5.76 Å². The minimum absolute atomic E-state index is 0.0303. The summed E-state index contributed by atoms with van der Waals surface area (Å²) in [5.74, 6) is 1.92. The van der Waals surface area contributed by atoms with Crippen molar-refractivity contribution in [2.75, 3.05) is 6.73 Å². The van der Waals surface area contributed by atoms with E-state index in [1.165, 1.54) is 25.7 Å². The summed E-state index contributed by atoms with van der Waals surface area (Å²) in [6, 6.07) is 6.55. The summed E-state index contributed by atoms with van der Waals surface area (Å²) in [6.45, 7) is 3.47. The summed E-state index contributed by atoms with van der Waals surface area (Å²) in [4.78, 5) is 16.3. The first kappa shape index (κ1) is 16.1. The summed E-state index contributed by atoms with van der Waals surface area (Å²) >= 11 is 1.59. The lowest BCUT2D eigenvalue weighted by molar-refractivity contribution is 0.0570. The smallest absolute Gasteiger partial charge is 0.232 e. The van der Waals surface area contributed by atoms with Crippen molar-refractivity contribution in [3.8, 4) is 11.5 Å². The third kappa shape index (κ3) is 2.58. The topological polar surface area (TPSA) is 38.8 Å². The molecule has 3 aliphatic rings. The Balaban J connectivity index is 1.49. The zero-order chi connectivity index (χ0) is 17.7. The molecule has 134 valence electrons. The van der Waals surface area contributed by atoms with Crippen molar-refractivity contribution in [2.45, 2.75) is 45.2 Å². The molecule has 1 fully saturated rings. The molecular weight excluding hydrogens is 346 g/mol. The zero-order valence-corrected chi connectivity index (χ0v) is 15.6. The third-order valence-electron chi connectivity index (χ3n) is 5.62. The van der Waals surface area contributed by atoms with Crippen LogP contribution in [-0.2, 0) is 6.54 Å². The molecular formula is C21H21NO3S. The molecule has 0 saturated heterocycles. The van der Waals surface area contributed by atoms with Gasteiger partial charge in [-0.25, -0.2) is 0 Å². The van der Waals surface area contributed by atoms with Crippen LogP contribution in [-0.4, -0.2) is 23.5 Å². The van der Waals surface area contributed by atoms with Crippen molar-refractivity contribution >= 4 is 23.2 Å². The highest BCUT2D eigenvalue weighted by atomic mass is 32.1. The maximum atomic E-state index is 12.9. The van der Waals surface area contributed by atoms with Gasteiger partial charge in [0.2, 0.25) is 5.78 Å². The van der Waals surface area contributed by atoms with Crippen LogP contribution in [0.5, 0.6) is 11.5 Å². The maximum absolute atomic E-state index is 12.9. The van der Waals surface area contributed by atoms with E-state index < -0.39 is 0 Å². The minimum atomic E-state index is -0.0303. The largest absolute Gasteiger partial charge is 0.477 e. The van der Waals surface area contributed by atoms with Gasteiger partial charge in [-0.3, -0.25) is 9.69 Å². The van der Waals surface area contributed by atoms with Gasteiger partial charge in [-0.1, -0.05) is 18.9 Å². The lowest BCUT2D eigenvalue weighted by Crippen LogP contribution is -2.39. The van der Waals surface area contributed by atoms with Crippen LogP contribution >= 0.6 is 11.3 Å². The van der Waals surface area contributed by atoms with E-state index in [-0.39, 0.29) is 5.78 Å². The van der Waals surface area contributed by atoms with Crippen molar-refractivity contribution in [2.24, 2.45) is 0 Å². The number of thiophene rings is 1. The predicted octanol–water partition coefficient (Wildman–Crippen LogP) is 4.77. The molecule has 2 aliphatic heterocycles. The van der Waals surface area contributed by atoms with Crippen molar-refractivity contribution < 1.29 is 14.3 Å². The molecule has 1 aromatic carbocycles. The molecule has 0 bridgehead atoms. The number of allylic oxidation sites excluding steroid dienone is 1. The lowest BCUT2D eigenvalue weighted by atomic mass is 9.99. The van der Waals surface area contributed by atoms with Crippen LogP contribution in [0.4, 0.5) is 0 Å². The van der Waals surface area contributed by atoms with Crippen molar-refractivity contribution in [1.82, 2.24) is 4.90 Å². The van der Waals surface area contributed by atoms with Crippen LogP contribution in [0.3, 0.4) is 0 Å². The van der Waals surface area contributed by atoms with E-state index in [1.54, 1.807) is 11.3 Å². The average Bonchev–Trinajstić information content (AvgIpc) is 3.39. The molecule has 1 aliphatic carbocycles. The molecule has 3 heterocycles. The number of Topliss-reactive ketones (excluding diaryl/α,β-unsaturated/α-hetero) is 1. The van der Waals surface area contributed by atoms with Crippen LogP contribution in [0.25, 0.3) is 6.08 Å². The fraction of sp³-hybridized carbons (Fsp3) is 0.381. The summed E-state index contributed by atoms with van der Waals surface area (Å²) < 4.78 is 12.0. The van der Waals surface area contributed by atoms with Crippen LogP contribution in [0, 0.1) is 6.92 Å². The van der Waals surface area contributed by atoms with Gasteiger partial charge < -0.3 is 9.47 Å². The van der Waals surface area contributed by atoms with Gasteiger partial charge in [-0.15, -0.1) is 11.3 Å². The molecule has 5 heteroatoms. The predicted molar refractivity (Wildman–Crippen MR) is 102 cm³/mol. The van der Waals surface area contributed by atoms with E-state index in [0.29, 0.717) is 29.8 Å². The van der Waals surface area contributed by atoms with Gasteiger partial charge in [0.25, 0.3) is 0 Å². The van der Waals surface area contributed by atoms with Crippen molar-refractivity contribution in [3.05, 3.63) is 50.9 Å². The Bertz CT molecular complexity index is 894. The fourth-order valence-electron chi connectivity index (χ4n) is 4.27. The van der Waals surface area contributed by atoms with E-state index in [0.717, 1.165) is 28.3 Å². The number of fused-ring (bicyclic) bond motifs is 2. The SMILES string of the molecule is Cc1c2c(cc3c1O/C(=C\c1cccs1)C3=O)CN(C1CCCC1)CO2. The van der Waals surface area contributed by atoms with Crippen LogP contribution < -0.4 is 9.47 Å². The second-order valence-electron chi connectivity index (χ2n) is 7.28. The summed E-state index contributed by atoms with van der Waals surface area (Å²) in [6.07, 6.45) is 6.94. The van der Waals surface area contributed by atoms with E-state index in [1.807, 2.05) is 36.6 Å². The number of nitrogens with zero attached hydrogens (tertiary/aromatic N) is 1. The summed E-state index contributed by atoms with van der Waals surface area (Å²) in [5.41, 5.74) is 2.71. The zero-order valence-electron chi connectivity index (χ0n) is 14.8. The highest BCUT2D eigenvalue weighted by molar-refractivity contribution is 7.10. The third-order valence-corrected chi connectivity index (χ3v) is 6.44. The molecule has 0 spiro atoms. The monoisotopic (exact) mass is 367 g/mol. The Kier molecular flexibility index (Phi) is 3.87. The van der Waals surface area contributed by atoms with Crippen LogP contribution in [0.2, 0.25) is 0 Å². The molecule has 26 heavy (non-hydrogen) atoms. The molecule has 0 unspecified atom stereocenters. The summed E-state index contributed by atoms with van der Waals surface area (Å²) in [7, 11) is 0. The first-order chi connectivity index (χ1) is 12.7. The molecule has 4 nitrogen and oxygen atoms in total. The van der Waals surface area contributed by atoms with E-state index in [4.69, 9.17) is 9.47 Å². The number of carbonyl (C=O) groups is 1. The minimum Gasteiger partial charge on any atom is -0.477 e. The maximum Gasteiger partial charge on any atom is 0.232 e. The van der Waals surface area contributed by atoms with Crippen molar-refractivity contribution in [3.63, 3.8) is 0 Å². The Morgan fingerprint density at radius 3 is 2.88 bits per heavy atom. The fourth-order valence-corrected chi connectivity index (χ4v) is 4.92. The summed E-state index contributed by atoms with van der Waals surface area (Å²) in [5, 5.41) is 1.99. The number of ether oxygens (including phenoxy) is 2. The first-order valence-electron chi connectivity index (χ1n) is 9.22. The number of rotatable bonds is 2. The number of carbonyl (C=O) groups excluding carboxylic acids is 1. The molecule has 0 N–H and O–H groups in total. The number of ketones is 1. The normalized spacial score (nSPS) is 21.6. The average molecular weight is 367 g/mol. The van der Waals surface area contributed by atoms with Gasteiger partial charge in [0.1, 0.15) is 18.2 Å². The Hall–Kier alpha value is -2.11. The second kappa shape index (κ2) is 6.25. The van der Waals surface area contributed by atoms with E-state index in [9.17, 15) is 4.79 Å². The van der Waals surface area contributed by atoms with Gasteiger partial charge in [-0.05, 0) is 37.3 Å². The highest BCUT2D eigenvalue weighted by Crippen LogP contribution is 2.44. The molecule has 1 aromatic heterocycles. The standard InChI is InChI=1S/C21H21NO3S/c1-13-20-14(11-22(12-24-20)15-5-2-3-6-15)9-17-19(23)18(25-21(13)17)10-16-7-4-8-26-16/h4,7-10,15H,2-3,5-6,11-12H2,1H3/b18-10-. The first-order valence-corrected chi connectivity index (χ1v) is 10.1. The van der Waals surface area contributed by atoms with Gasteiger partial charge >= 0.3 is 0 Å². The molecule has 0 amide bonds. The van der Waals surface area contributed by atoms with Gasteiger partial charge in [-0.2, -0.15) is 0 Å². The van der Waals surface area contributed by atoms with Gasteiger partial charge in [0.05, 0.1) is 5.56 Å². The Morgan fingerprint density at radius 2 is 2.12 bits per heavy atom. The van der Waals surface area contributed by atoms with Gasteiger partial charge in [0, 0.05) is 34.7 Å². The molecule has 0 radical (unpaired) electrons. The number of benzene rings is 1. The molecule has 2 aromatic rings. The molecule has 1 saturated carbocycles. The highest BCUT2D eigenvalue weighted by Gasteiger charge is 2.35. The lowest BCUT2D eigenvalue weighted by Gasteiger charge is -2.34. The van der Waals surface area contributed by atoms with E-state index >= 15 is 0 Å². The number of hydrogen-bond acceptors (Lipinski definition) is 5. The van der Waals surface area contributed by atoms with E-state index in [2.05, 4.69) is 4.90 Å². The van der Waals surface area contributed by atoms with Crippen LogP contribution in [0.15, 0.2) is 29.3 Å². The molecule has 5 rings (SSSR count). The Labute approximate surface area is 157 Å². The second-order valence-corrected chi connectivity index (χ2v) is 8.26. The molecule has 0 atom stereocenters. The quantitative estimate of drug-likeness (QED) is 0.717. The number of hydrogen-bond donors (Lipinski definition) is 0. The van der Waals surface area contributed by atoms with Crippen molar-refractivity contribution in [1.29, 1.82) is 0 Å². The Morgan fingerprint density at radius 1 is 1.27 bits per heavy atom. The van der Waals surface area contributed by atoms with Crippen LogP contribution in [0.1, 0.15) is 52.0 Å².